The summed E-state index contributed by atoms with van der Waals surface area (Å²) in [7, 11) is 1.20. The van der Waals surface area contributed by atoms with Crippen LogP contribution < -0.4 is 10.2 Å². The van der Waals surface area contributed by atoms with Crippen molar-refractivity contribution in [3.63, 3.8) is 0 Å². The van der Waals surface area contributed by atoms with Crippen LogP contribution in [0.3, 0.4) is 0 Å². The van der Waals surface area contributed by atoms with E-state index >= 15 is 0 Å². The molecule has 10 heteroatoms. The number of likely N-dealkylation sites (N-methyl/N-ethyl adjacent to an activating group) is 1. The molecular formula is C76H143N2O7P. The molecule has 9 nitrogen and oxygen atoms in total. The van der Waals surface area contributed by atoms with Crippen molar-refractivity contribution in [3.8, 4) is 0 Å². The number of quaternary nitrogens is 1. The van der Waals surface area contributed by atoms with Gasteiger partial charge in [-0.1, -0.05) is 313 Å². The number of phosphoric acid groups is 1. The number of esters is 1. The highest BCUT2D eigenvalue weighted by Gasteiger charge is 2.27. The summed E-state index contributed by atoms with van der Waals surface area (Å²) in [5.41, 5.74) is 0. The third kappa shape index (κ3) is 66.1. The van der Waals surface area contributed by atoms with Crippen molar-refractivity contribution in [2.45, 2.75) is 373 Å². The summed E-state index contributed by atoms with van der Waals surface area (Å²) in [5, 5.41) is 3.05. The molecule has 0 aromatic carbocycles. The molecule has 0 aromatic heterocycles. The van der Waals surface area contributed by atoms with Crippen molar-refractivity contribution in [2.24, 2.45) is 0 Å². The molecule has 1 amide bonds. The second-order valence-electron chi connectivity index (χ2n) is 26.4. The summed E-state index contributed by atoms with van der Waals surface area (Å²) >= 11 is 0. The van der Waals surface area contributed by atoms with Crippen LogP contribution in [0.15, 0.2) is 60.8 Å². The average Bonchev–Trinajstić information content (AvgIpc) is 3.67. The molecule has 0 aliphatic carbocycles. The number of nitrogens with zero attached hydrogens (tertiary/aromatic N) is 1. The fourth-order valence-electron chi connectivity index (χ4n) is 10.9. The van der Waals surface area contributed by atoms with Crippen LogP contribution in [0.5, 0.6) is 0 Å². The minimum absolute atomic E-state index is 0.0217. The van der Waals surface area contributed by atoms with Crippen molar-refractivity contribution in [1.82, 2.24) is 5.32 Å². The number of allylic oxidation sites excluding steroid dienone is 9. The highest BCUT2D eigenvalue weighted by Crippen LogP contribution is 2.38. The molecule has 86 heavy (non-hydrogen) atoms. The Hall–Kier alpha value is -2.29. The fraction of sp³-hybridized carbons (Fsp3) is 0.842. The Kier molecular flexibility index (Phi) is 63.9. The molecule has 0 aromatic rings. The van der Waals surface area contributed by atoms with Gasteiger partial charge in [0.25, 0.3) is 7.82 Å². The van der Waals surface area contributed by atoms with E-state index in [1.54, 1.807) is 0 Å². The number of hydrogen-bond acceptors (Lipinski definition) is 7. The minimum atomic E-state index is -4.71. The highest BCUT2D eigenvalue weighted by molar-refractivity contribution is 7.45. The van der Waals surface area contributed by atoms with Crippen LogP contribution in [0.2, 0.25) is 0 Å². The molecule has 0 saturated carbocycles. The third-order valence-electron chi connectivity index (χ3n) is 16.7. The van der Waals surface area contributed by atoms with Gasteiger partial charge in [0.1, 0.15) is 19.3 Å². The molecule has 0 heterocycles. The average molecular weight is 1230 g/mol. The molecule has 0 aliphatic heterocycles. The lowest BCUT2D eigenvalue weighted by Gasteiger charge is -2.30. The largest absolute Gasteiger partial charge is 0.756 e. The SMILES string of the molecule is CCCCC/C=C\C/C=C\CCCCCCCCCCCCCCCCCCCC(=O)NC(COP(=O)([O-])OCC[N+](C)(C)C)C(/C=C\CCCCCCCCCCCC)OC(=O)CCCCCCCCCCCCC/C=C\C/C=C\CCCCC. The van der Waals surface area contributed by atoms with Crippen LogP contribution in [-0.4, -0.2) is 69.4 Å². The van der Waals surface area contributed by atoms with Gasteiger partial charge in [0.2, 0.25) is 5.91 Å². The molecular weight excluding hydrogens is 1080 g/mol. The maximum Gasteiger partial charge on any atom is 0.306 e. The monoisotopic (exact) mass is 1230 g/mol. The first kappa shape index (κ1) is 83.7. The van der Waals surface area contributed by atoms with E-state index in [0.717, 1.165) is 70.6 Å². The second kappa shape index (κ2) is 65.7. The number of amides is 1. The molecule has 0 saturated heterocycles. The van der Waals surface area contributed by atoms with Crippen LogP contribution in [0.4, 0.5) is 0 Å². The number of phosphoric ester groups is 1. The minimum Gasteiger partial charge on any atom is -0.756 e. The number of ether oxygens (including phenoxy) is 1. The van der Waals surface area contributed by atoms with Gasteiger partial charge in [0.15, 0.2) is 0 Å². The Morgan fingerprint density at radius 3 is 1.07 bits per heavy atom. The van der Waals surface area contributed by atoms with Crippen LogP contribution >= 0.6 is 7.82 Å². The zero-order valence-corrected chi connectivity index (χ0v) is 58.7. The smallest absolute Gasteiger partial charge is 0.306 e. The van der Waals surface area contributed by atoms with E-state index in [-0.39, 0.29) is 31.5 Å². The van der Waals surface area contributed by atoms with E-state index < -0.39 is 20.0 Å². The first-order valence-electron chi connectivity index (χ1n) is 37.1. The van der Waals surface area contributed by atoms with Crippen molar-refractivity contribution in [1.29, 1.82) is 0 Å². The molecule has 0 radical (unpaired) electrons. The van der Waals surface area contributed by atoms with Crippen molar-refractivity contribution < 1.29 is 37.3 Å². The van der Waals surface area contributed by atoms with Crippen LogP contribution in [0, 0.1) is 0 Å². The zero-order valence-electron chi connectivity index (χ0n) is 57.8. The van der Waals surface area contributed by atoms with Gasteiger partial charge in [0.05, 0.1) is 33.8 Å². The first-order chi connectivity index (χ1) is 41.9. The van der Waals surface area contributed by atoms with Crippen molar-refractivity contribution in [3.05, 3.63) is 60.8 Å². The number of rotatable bonds is 68. The third-order valence-corrected chi connectivity index (χ3v) is 17.6. The quantitative estimate of drug-likeness (QED) is 0.0212. The lowest BCUT2D eigenvalue weighted by atomic mass is 10.0. The number of hydrogen-bond donors (Lipinski definition) is 1. The predicted molar refractivity (Wildman–Crippen MR) is 372 cm³/mol. The maximum absolute atomic E-state index is 13.6. The Bertz CT molecular complexity index is 1650. The number of nitrogens with one attached hydrogen (secondary N) is 1. The summed E-state index contributed by atoms with van der Waals surface area (Å²) in [5.74, 6) is -0.528. The van der Waals surface area contributed by atoms with E-state index in [1.807, 2.05) is 33.3 Å². The van der Waals surface area contributed by atoms with E-state index in [9.17, 15) is 19.0 Å². The lowest BCUT2D eigenvalue weighted by molar-refractivity contribution is -0.870. The van der Waals surface area contributed by atoms with Gasteiger partial charge in [-0.05, 0) is 96.0 Å². The topological polar surface area (TPSA) is 114 Å². The van der Waals surface area contributed by atoms with Gasteiger partial charge in [-0.15, -0.1) is 0 Å². The highest BCUT2D eigenvalue weighted by atomic mass is 31.2. The summed E-state index contributed by atoms with van der Waals surface area (Å²) < 4.78 is 30.5. The van der Waals surface area contributed by atoms with Crippen molar-refractivity contribution in [2.75, 3.05) is 40.9 Å². The molecule has 0 rings (SSSR count). The van der Waals surface area contributed by atoms with Gasteiger partial charge in [0, 0.05) is 12.8 Å². The summed E-state index contributed by atoms with van der Waals surface area (Å²) in [6.07, 6.45) is 84.9. The molecule has 3 unspecified atom stereocenters. The summed E-state index contributed by atoms with van der Waals surface area (Å²) in [6.45, 7) is 6.84. The molecule has 0 aliphatic rings. The fourth-order valence-corrected chi connectivity index (χ4v) is 11.7. The number of carbonyl (C=O) groups excluding carboxylic acids is 2. The lowest BCUT2D eigenvalue weighted by Crippen LogP contribution is -2.47. The molecule has 504 valence electrons. The van der Waals surface area contributed by atoms with Gasteiger partial charge >= 0.3 is 5.97 Å². The molecule has 0 bridgehead atoms. The number of carbonyl (C=O) groups is 2. The van der Waals surface area contributed by atoms with E-state index in [0.29, 0.717) is 17.4 Å². The Morgan fingerprint density at radius 1 is 0.407 bits per heavy atom. The van der Waals surface area contributed by atoms with E-state index in [2.05, 4.69) is 74.7 Å². The van der Waals surface area contributed by atoms with Crippen LogP contribution in [-0.2, 0) is 27.9 Å². The summed E-state index contributed by atoms with van der Waals surface area (Å²) in [4.78, 5) is 40.2. The maximum atomic E-state index is 13.6. The van der Waals surface area contributed by atoms with Gasteiger partial charge in [-0.3, -0.25) is 14.2 Å². The Balaban J connectivity index is 4.97. The van der Waals surface area contributed by atoms with E-state index in [4.69, 9.17) is 13.8 Å². The van der Waals surface area contributed by atoms with Gasteiger partial charge in [-0.2, -0.15) is 0 Å². The van der Waals surface area contributed by atoms with Crippen LogP contribution in [0.25, 0.3) is 0 Å². The van der Waals surface area contributed by atoms with Crippen LogP contribution in [0.1, 0.15) is 361 Å². The molecule has 3 atom stereocenters. The van der Waals surface area contributed by atoms with Gasteiger partial charge < -0.3 is 28.5 Å². The Morgan fingerprint density at radius 2 is 0.709 bits per heavy atom. The van der Waals surface area contributed by atoms with E-state index in [1.165, 1.54) is 257 Å². The summed E-state index contributed by atoms with van der Waals surface area (Å²) in [6, 6.07) is -0.890. The number of unbranched alkanes of at least 4 members (excludes halogenated alkanes) is 44. The first-order valence-corrected chi connectivity index (χ1v) is 38.6. The molecule has 1 N–H and O–H groups in total. The zero-order chi connectivity index (χ0) is 62.8. The van der Waals surface area contributed by atoms with Gasteiger partial charge in [-0.25, -0.2) is 0 Å². The van der Waals surface area contributed by atoms with Crippen molar-refractivity contribution >= 4 is 19.7 Å². The second-order valence-corrected chi connectivity index (χ2v) is 27.9. The Labute approximate surface area is 534 Å². The molecule has 0 fully saturated rings. The predicted octanol–water partition coefficient (Wildman–Crippen LogP) is 23.1. The normalized spacial score (nSPS) is 13.8. The standard InChI is InChI=1S/C76H143N2O7P/c1-7-10-13-16-19-22-25-28-30-32-34-36-37-38-39-40-41-43-44-46-48-50-53-56-59-62-65-68-75(79)77-73(72-84-86(81,82)83-71-70-78(4,5)6)74(67-64-61-58-55-52-27-24-21-18-15-12-9-3)85-76(80)69-66-63-60-57-54-51-49-47-45-42-35-33-31-29-26-23-20-17-14-11-8-2/h19-20,22-23,28-31,64,67,73-74H,7-18,21,24-27,32-63,65-66,68-72H2,1-6H3,(H-,77,79,81,82)/b22-19-,23-20-,30-28-,31-29-,67-64-. The molecule has 0 spiro atoms.